The minimum absolute atomic E-state index is 0.118. The first-order chi connectivity index (χ1) is 8.56. The van der Waals surface area contributed by atoms with E-state index in [1.807, 2.05) is 13.8 Å². The smallest absolute Gasteiger partial charge is 0.292 e. The number of anilines is 1. The molecule has 6 heteroatoms. The quantitative estimate of drug-likeness (QED) is 0.626. The minimum Gasteiger partial charge on any atom is -0.377 e. The molecule has 0 atom stereocenters. The lowest BCUT2D eigenvalue weighted by Crippen LogP contribution is -2.27. The molecule has 1 aromatic rings. The molecule has 0 aliphatic heterocycles. The Morgan fingerprint density at radius 1 is 1.67 bits per heavy atom. The molecule has 18 heavy (non-hydrogen) atoms. The van der Waals surface area contributed by atoms with Crippen molar-refractivity contribution in [2.45, 2.75) is 26.5 Å². The molecule has 0 bridgehead atoms. The number of halogens is 1. The third-order valence-corrected chi connectivity index (χ3v) is 2.38. The van der Waals surface area contributed by atoms with Crippen LogP contribution in [0.2, 0.25) is 5.02 Å². The van der Waals surface area contributed by atoms with Gasteiger partial charge in [0, 0.05) is 6.54 Å². The zero-order chi connectivity index (χ0) is 13.5. The molecule has 0 radical (unpaired) electrons. The molecular formula is C12H16ClN3O2. The maximum atomic E-state index is 11.9. The van der Waals surface area contributed by atoms with Crippen LogP contribution in [0.5, 0.6) is 0 Å². The van der Waals surface area contributed by atoms with Crippen molar-refractivity contribution in [1.29, 1.82) is 0 Å². The van der Waals surface area contributed by atoms with E-state index in [1.165, 1.54) is 10.9 Å². The zero-order valence-electron chi connectivity index (χ0n) is 10.4. The average Bonchev–Trinajstić information content (AvgIpc) is 2.31. The summed E-state index contributed by atoms with van der Waals surface area (Å²) in [6.07, 6.45) is 6.69. The van der Waals surface area contributed by atoms with Crippen molar-refractivity contribution in [3.05, 3.63) is 21.6 Å². The summed E-state index contributed by atoms with van der Waals surface area (Å²) in [5.41, 5.74) is -0.0285. The topological polar surface area (TPSA) is 56.1 Å². The van der Waals surface area contributed by atoms with E-state index in [4.69, 9.17) is 22.8 Å². The van der Waals surface area contributed by atoms with Gasteiger partial charge in [0.15, 0.2) is 0 Å². The van der Waals surface area contributed by atoms with Crippen molar-refractivity contribution in [3.8, 4) is 12.3 Å². The second kappa shape index (κ2) is 7.04. The van der Waals surface area contributed by atoms with Crippen molar-refractivity contribution in [3.63, 3.8) is 0 Å². The number of hydrogen-bond acceptors (Lipinski definition) is 4. The van der Waals surface area contributed by atoms with E-state index in [-0.39, 0.29) is 23.2 Å². The van der Waals surface area contributed by atoms with Gasteiger partial charge in [0.1, 0.15) is 12.2 Å². The van der Waals surface area contributed by atoms with Gasteiger partial charge in [-0.1, -0.05) is 17.5 Å². The Morgan fingerprint density at radius 3 is 3.00 bits per heavy atom. The lowest BCUT2D eigenvalue weighted by atomic mass is 10.4. The minimum atomic E-state index is -0.329. The van der Waals surface area contributed by atoms with Gasteiger partial charge in [0.05, 0.1) is 23.9 Å². The molecule has 0 saturated heterocycles. The molecule has 0 aromatic carbocycles. The Balaban J connectivity index is 2.73. The molecule has 0 spiro atoms. The van der Waals surface area contributed by atoms with Gasteiger partial charge >= 0.3 is 0 Å². The molecule has 5 nitrogen and oxygen atoms in total. The van der Waals surface area contributed by atoms with Crippen LogP contribution in [0.25, 0.3) is 0 Å². The van der Waals surface area contributed by atoms with Gasteiger partial charge in [-0.15, -0.1) is 6.42 Å². The summed E-state index contributed by atoms with van der Waals surface area (Å²) in [5.74, 6) is 2.36. The van der Waals surface area contributed by atoms with Gasteiger partial charge in [-0.05, 0) is 13.8 Å². The summed E-state index contributed by atoms with van der Waals surface area (Å²) < 4.78 is 6.54. The average molecular weight is 270 g/mol. The Hall–Kier alpha value is -1.51. The number of nitrogens with zero attached hydrogens (tertiary/aromatic N) is 2. The largest absolute Gasteiger partial charge is 0.377 e. The number of aromatic nitrogens is 2. The first-order valence-corrected chi connectivity index (χ1v) is 5.98. The van der Waals surface area contributed by atoms with E-state index < -0.39 is 0 Å². The maximum Gasteiger partial charge on any atom is 0.292 e. The van der Waals surface area contributed by atoms with Crippen LogP contribution in [0.15, 0.2) is 11.0 Å². The van der Waals surface area contributed by atoms with Gasteiger partial charge in [0.2, 0.25) is 0 Å². The van der Waals surface area contributed by atoms with Gasteiger partial charge in [0.25, 0.3) is 5.56 Å². The number of terminal acetylenes is 1. The fourth-order valence-electron chi connectivity index (χ4n) is 1.30. The summed E-state index contributed by atoms with van der Waals surface area (Å²) >= 11 is 5.91. The maximum absolute atomic E-state index is 11.9. The van der Waals surface area contributed by atoms with E-state index >= 15 is 0 Å². The molecule has 0 fully saturated rings. The standard InChI is InChI=1S/C12H16ClN3O2/c1-4-6-16-12(17)11(10(13)8-15-16)14-5-7-18-9(2)3/h1,8-9,14H,5-7H2,2-3H3. The molecule has 98 valence electrons. The highest BCUT2D eigenvalue weighted by atomic mass is 35.5. The highest BCUT2D eigenvalue weighted by Gasteiger charge is 2.08. The molecule has 1 aromatic heterocycles. The number of hydrogen-bond donors (Lipinski definition) is 1. The summed E-state index contributed by atoms with van der Waals surface area (Å²) in [4.78, 5) is 11.9. The van der Waals surface area contributed by atoms with E-state index in [0.29, 0.717) is 18.8 Å². The highest BCUT2D eigenvalue weighted by Crippen LogP contribution is 2.14. The number of rotatable bonds is 6. The third-order valence-electron chi connectivity index (χ3n) is 2.09. The van der Waals surface area contributed by atoms with Crippen LogP contribution < -0.4 is 10.9 Å². The Morgan fingerprint density at radius 2 is 2.39 bits per heavy atom. The zero-order valence-corrected chi connectivity index (χ0v) is 11.2. The predicted molar refractivity (Wildman–Crippen MR) is 71.9 cm³/mol. The Labute approximate surface area is 111 Å². The van der Waals surface area contributed by atoms with Crippen LogP contribution in [-0.2, 0) is 11.3 Å². The summed E-state index contributed by atoms with van der Waals surface area (Å²) in [6, 6.07) is 0. The molecule has 1 heterocycles. The first-order valence-electron chi connectivity index (χ1n) is 5.60. The fraction of sp³-hybridized carbons (Fsp3) is 0.500. The van der Waals surface area contributed by atoms with Gasteiger partial charge in [-0.3, -0.25) is 4.79 Å². The van der Waals surface area contributed by atoms with Crippen LogP contribution in [-0.4, -0.2) is 29.0 Å². The van der Waals surface area contributed by atoms with Gasteiger partial charge in [-0.2, -0.15) is 5.10 Å². The van der Waals surface area contributed by atoms with E-state index in [1.54, 1.807) is 0 Å². The molecule has 0 aliphatic carbocycles. The molecule has 1 N–H and O–H groups in total. The second-order valence-electron chi connectivity index (χ2n) is 3.88. The normalized spacial score (nSPS) is 10.4. The highest BCUT2D eigenvalue weighted by molar-refractivity contribution is 6.32. The van der Waals surface area contributed by atoms with Crippen molar-refractivity contribution in [2.24, 2.45) is 0 Å². The van der Waals surface area contributed by atoms with Crippen molar-refractivity contribution in [1.82, 2.24) is 9.78 Å². The molecule has 0 saturated carbocycles. The summed E-state index contributed by atoms with van der Waals surface area (Å²) in [7, 11) is 0. The molecule has 0 amide bonds. The van der Waals surface area contributed by atoms with Crippen molar-refractivity contribution >= 4 is 17.3 Å². The monoisotopic (exact) mass is 269 g/mol. The van der Waals surface area contributed by atoms with Crippen LogP contribution in [0.4, 0.5) is 5.69 Å². The van der Waals surface area contributed by atoms with Crippen LogP contribution in [0.1, 0.15) is 13.8 Å². The predicted octanol–water partition coefficient (Wildman–Crippen LogP) is 1.37. The van der Waals surface area contributed by atoms with Crippen LogP contribution >= 0.6 is 11.6 Å². The van der Waals surface area contributed by atoms with Gasteiger partial charge < -0.3 is 10.1 Å². The Bertz CT molecular complexity index is 491. The molecular weight excluding hydrogens is 254 g/mol. The number of nitrogens with one attached hydrogen (secondary N) is 1. The molecule has 1 rings (SSSR count). The first kappa shape index (κ1) is 14.6. The summed E-state index contributed by atoms with van der Waals surface area (Å²) in [5, 5.41) is 7.06. The van der Waals surface area contributed by atoms with E-state index in [9.17, 15) is 4.79 Å². The summed E-state index contributed by atoms with van der Waals surface area (Å²) in [6.45, 7) is 4.99. The van der Waals surface area contributed by atoms with Crippen LogP contribution in [0, 0.1) is 12.3 Å². The second-order valence-corrected chi connectivity index (χ2v) is 4.29. The number of ether oxygens (including phenoxy) is 1. The van der Waals surface area contributed by atoms with Crippen molar-refractivity contribution < 1.29 is 4.74 Å². The van der Waals surface area contributed by atoms with Crippen LogP contribution in [0.3, 0.4) is 0 Å². The van der Waals surface area contributed by atoms with Gasteiger partial charge in [-0.25, -0.2) is 4.68 Å². The fourth-order valence-corrected chi connectivity index (χ4v) is 1.49. The molecule has 0 unspecified atom stereocenters. The van der Waals surface area contributed by atoms with Crippen molar-refractivity contribution in [2.75, 3.05) is 18.5 Å². The SMILES string of the molecule is C#CCn1ncc(Cl)c(NCCOC(C)C)c1=O. The lowest BCUT2D eigenvalue weighted by molar-refractivity contribution is 0.0870. The van der Waals surface area contributed by atoms with E-state index in [2.05, 4.69) is 16.3 Å². The van der Waals surface area contributed by atoms with E-state index in [0.717, 1.165) is 0 Å². The lowest BCUT2D eigenvalue weighted by Gasteiger charge is -2.11. The Kier molecular flexibility index (Phi) is 5.69. The molecule has 0 aliphatic rings. The third kappa shape index (κ3) is 4.06.